The van der Waals surface area contributed by atoms with E-state index < -0.39 is 0 Å². The van der Waals surface area contributed by atoms with Gasteiger partial charge in [0.05, 0.1) is 0 Å². The maximum atomic E-state index is 3.89. The first-order valence-corrected chi connectivity index (χ1v) is 6.59. The number of nitrogens with one attached hydrogen (secondary N) is 1. The molecular weight excluding hydrogens is 170 g/mol. The molecule has 0 spiro atoms. The summed E-state index contributed by atoms with van der Waals surface area (Å²) in [7, 11) is 0. The van der Waals surface area contributed by atoms with E-state index in [0.29, 0.717) is 0 Å². The van der Waals surface area contributed by atoms with Gasteiger partial charge in [0.2, 0.25) is 0 Å². The molecule has 1 N–H and O–H groups in total. The van der Waals surface area contributed by atoms with Gasteiger partial charge in [0.25, 0.3) is 0 Å². The summed E-state index contributed by atoms with van der Waals surface area (Å²) in [5.74, 6) is 2.09. The highest BCUT2D eigenvalue weighted by atomic mass is 15.0. The summed E-state index contributed by atoms with van der Waals surface area (Å²) >= 11 is 0. The third-order valence-electron chi connectivity index (χ3n) is 3.89. The Morgan fingerprint density at radius 1 is 1.07 bits per heavy atom. The van der Waals surface area contributed by atoms with Crippen molar-refractivity contribution in [3.63, 3.8) is 0 Å². The number of rotatable bonds is 7. The zero-order valence-corrected chi connectivity index (χ0v) is 9.76. The van der Waals surface area contributed by atoms with Gasteiger partial charge >= 0.3 is 0 Å². The van der Waals surface area contributed by atoms with Crippen molar-refractivity contribution in [3.8, 4) is 0 Å². The first-order valence-electron chi connectivity index (χ1n) is 6.59. The number of hydrogen-bond donors (Lipinski definition) is 1. The minimum atomic E-state index is 0.813. The molecule has 2 unspecified atom stereocenters. The second-order valence-corrected chi connectivity index (χ2v) is 5.30. The quantitative estimate of drug-likeness (QED) is 0.657. The Morgan fingerprint density at radius 3 is 2.21 bits per heavy atom. The molecule has 0 aromatic heterocycles. The fourth-order valence-corrected chi connectivity index (χ4v) is 2.50. The van der Waals surface area contributed by atoms with Crippen LogP contribution in [0.3, 0.4) is 0 Å². The highest BCUT2D eigenvalue weighted by Crippen LogP contribution is 2.37. The van der Waals surface area contributed by atoms with Crippen LogP contribution in [0.2, 0.25) is 0 Å². The molecular formula is C13H25N. The summed E-state index contributed by atoms with van der Waals surface area (Å²) in [6.45, 7) is 4.67. The maximum absolute atomic E-state index is 3.89. The highest BCUT2D eigenvalue weighted by molar-refractivity contribution is 4.89. The molecule has 0 amide bonds. The Morgan fingerprint density at radius 2 is 1.79 bits per heavy atom. The van der Waals surface area contributed by atoms with E-state index in [1.165, 1.54) is 44.9 Å². The highest BCUT2D eigenvalue weighted by Gasteiger charge is 2.32. The Hall–Kier alpha value is -0.0400. The van der Waals surface area contributed by atoms with Crippen LogP contribution in [0.4, 0.5) is 0 Å². The van der Waals surface area contributed by atoms with Crippen LogP contribution in [0.1, 0.15) is 58.8 Å². The van der Waals surface area contributed by atoms with Crippen molar-refractivity contribution in [1.29, 1.82) is 0 Å². The van der Waals surface area contributed by atoms with Gasteiger partial charge < -0.3 is 5.32 Å². The molecule has 0 radical (unpaired) electrons. The van der Waals surface area contributed by atoms with Gasteiger partial charge in [-0.2, -0.15) is 0 Å². The average Bonchev–Trinajstić information content (AvgIpc) is 3.01. The summed E-state index contributed by atoms with van der Waals surface area (Å²) in [5.41, 5.74) is 0. The maximum Gasteiger partial charge on any atom is 0.00952 e. The van der Waals surface area contributed by atoms with Crippen LogP contribution in [-0.4, -0.2) is 12.1 Å². The van der Waals surface area contributed by atoms with Gasteiger partial charge in [-0.1, -0.05) is 26.7 Å². The van der Waals surface area contributed by atoms with Crippen molar-refractivity contribution in [2.75, 3.05) is 0 Å². The van der Waals surface area contributed by atoms with E-state index in [2.05, 4.69) is 19.2 Å². The molecule has 0 heterocycles. The minimum Gasteiger partial charge on any atom is -0.311 e. The summed E-state index contributed by atoms with van der Waals surface area (Å²) < 4.78 is 0. The summed E-state index contributed by atoms with van der Waals surface area (Å²) in [6.07, 6.45) is 10.0. The van der Waals surface area contributed by atoms with E-state index in [9.17, 15) is 0 Å². The normalized spacial score (nSPS) is 26.1. The van der Waals surface area contributed by atoms with Crippen LogP contribution in [0, 0.1) is 11.8 Å². The lowest BCUT2D eigenvalue weighted by molar-refractivity contribution is 0.353. The van der Waals surface area contributed by atoms with Crippen LogP contribution < -0.4 is 5.32 Å². The van der Waals surface area contributed by atoms with Gasteiger partial charge in [-0.15, -0.1) is 0 Å². The molecule has 0 saturated heterocycles. The summed E-state index contributed by atoms with van der Waals surface area (Å²) in [4.78, 5) is 0. The number of hydrogen-bond acceptors (Lipinski definition) is 1. The van der Waals surface area contributed by atoms with Crippen molar-refractivity contribution in [2.24, 2.45) is 11.8 Å². The van der Waals surface area contributed by atoms with Crippen molar-refractivity contribution >= 4 is 0 Å². The molecule has 82 valence electrons. The van der Waals surface area contributed by atoms with Gasteiger partial charge in [0.1, 0.15) is 0 Å². The van der Waals surface area contributed by atoms with Crippen LogP contribution in [-0.2, 0) is 0 Å². The average molecular weight is 195 g/mol. The van der Waals surface area contributed by atoms with E-state index in [0.717, 1.165) is 23.9 Å². The van der Waals surface area contributed by atoms with Crippen LogP contribution >= 0.6 is 0 Å². The molecule has 0 aromatic carbocycles. The van der Waals surface area contributed by atoms with E-state index >= 15 is 0 Å². The topological polar surface area (TPSA) is 12.0 Å². The minimum absolute atomic E-state index is 0.813. The van der Waals surface area contributed by atoms with E-state index in [1.807, 2.05) is 0 Å². The van der Waals surface area contributed by atoms with Gasteiger partial charge in [-0.05, 0) is 43.9 Å². The molecule has 0 aliphatic heterocycles. The van der Waals surface area contributed by atoms with Gasteiger partial charge in [0.15, 0.2) is 0 Å². The first-order chi connectivity index (χ1) is 6.83. The molecule has 2 aliphatic carbocycles. The SMILES string of the molecule is CCC(CC1CC1)NC(CC)C1CC1. The smallest absolute Gasteiger partial charge is 0.00952 e. The van der Waals surface area contributed by atoms with E-state index in [4.69, 9.17) is 0 Å². The Bertz CT molecular complexity index is 170. The predicted octanol–water partition coefficient (Wildman–Crippen LogP) is 3.34. The van der Waals surface area contributed by atoms with Crippen molar-refractivity contribution in [2.45, 2.75) is 70.9 Å². The molecule has 2 rings (SSSR count). The lowest BCUT2D eigenvalue weighted by atomic mass is 10.0. The monoisotopic (exact) mass is 195 g/mol. The van der Waals surface area contributed by atoms with Crippen molar-refractivity contribution < 1.29 is 0 Å². The van der Waals surface area contributed by atoms with Crippen molar-refractivity contribution in [1.82, 2.24) is 5.32 Å². The Kier molecular flexibility index (Phi) is 3.48. The molecule has 2 aliphatic rings. The fraction of sp³-hybridized carbons (Fsp3) is 1.00. The molecule has 14 heavy (non-hydrogen) atoms. The molecule has 0 bridgehead atoms. The Balaban J connectivity index is 1.72. The van der Waals surface area contributed by atoms with Crippen LogP contribution in [0.5, 0.6) is 0 Å². The van der Waals surface area contributed by atoms with E-state index in [-0.39, 0.29) is 0 Å². The largest absolute Gasteiger partial charge is 0.311 e. The third kappa shape index (κ3) is 2.98. The van der Waals surface area contributed by atoms with Crippen LogP contribution in [0.25, 0.3) is 0 Å². The van der Waals surface area contributed by atoms with Crippen molar-refractivity contribution in [3.05, 3.63) is 0 Å². The predicted molar refractivity (Wildman–Crippen MR) is 61.4 cm³/mol. The van der Waals surface area contributed by atoms with Gasteiger partial charge in [-0.3, -0.25) is 0 Å². The Labute approximate surface area is 88.7 Å². The molecule has 2 saturated carbocycles. The zero-order valence-electron chi connectivity index (χ0n) is 9.76. The second kappa shape index (κ2) is 4.65. The molecule has 2 atom stereocenters. The van der Waals surface area contributed by atoms with Gasteiger partial charge in [0, 0.05) is 12.1 Å². The first kappa shape index (κ1) is 10.5. The van der Waals surface area contributed by atoms with E-state index in [1.54, 1.807) is 0 Å². The molecule has 1 heteroatoms. The molecule has 2 fully saturated rings. The fourth-order valence-electron chi connectivity index (χ4n) is 2.50. The second-order valence-electron chi connectivity index (χ2n) is 5.30. The molecule has 0 aromatic rings. The lowest BCUT2D eigenvalue weighted by Crippen LogP contribution is -2.39. The van der Waals surface area contributed by atoms with Gasteiger partial charge in [-0.25, -0.2) is 0 Å². The lowest BCUT2D eigenvalue weighted by Gasteiger charge is -2.24. The zero-order chi connectivity index (χ0) is 9.97. The summed E-state index contributed by atoms with van der Waals surface area (Å²) in [6, 6.07) is 1.65. The molecule has 1 nitrogen and oxygen atoms in total. The van der Waals surface area contributed by atoms with Crippen LogP contribution in [0.15, 0.2) is 0 Å². The standard InChI is InChI=1S/C13H25N/c1-3-12(9-10-5-6-10)14-13(4-2)11-7-8-11/h10-14H,3-9H2,1-2H3. The summed E-state index contributed by atoms with van der Waals surface area (Å²) in [5, 5.41) is 3.89. The third-order valence-corrected chi connectivity index (χ3v) is 3.89.